The first-order valence-corrected chi connectivity index (χ1v) is 3.82. The van der Waals surface area contributed by atoms with Crippen molar-refractivity contribution >= 4 is 12.4 Å². The van der Waals surface area contributed by atoms with Crippen molar-refractivity contribution < 1.29 is 13.2 Å². The summed E-state index contributed by atoms with van der Waals surface area (Å²) in [7, 11) is 0. The molecule has 12 heavy (non-hydrogen) atoms. The predicted octanol–water partition coefficient (Wildman–Crippen LogP) is 2.49. The van der Waals surface area contributed by atoms with Gasteiger partial charge in [-0.2, -0.15) is 13.2 Å². The third-order valence-electron chi connectivity index (χ3n) is 2.23. The van der Waals surface area contributed by atoms with Crippen LogP contribution in [0.1, 0.15) is 25.7 Å². The van der Waals surface area contributed by atoms with Crippen molar-refractivity contribution in [2.75, 3.05) is 0 Å². The standard InChI is InChI=1S/C7H12F3N.ClH/c8-7(9,10)6(11)4-5-2-1-3-5;/h5-6H,1-4,11H2;1H. The summed E-state index contributed by atoms with van der Waals surface area (Å²) in [5.41, 5.74) is 4.94. The number of hydrogen-bond donors (Lipinski definition) is 1. The van der Waals surface area contributed by atoms with Gasteiger partial charge in [0.2, 0.25) is 0 Å². The zero-order chi connectivity index (χ0) is 8.48. The molecular formula is C7H13ClF3N. The van der Waals surface area contributed by atoms with E-state index in [1.165, 1.54) is 0 Å². The molecule has 0 aromatic heterocycles. The van der Waals surface area contributed by atoms with Crippen LogP contribution in [0.3, 0.4) is 0 Å². The number of nitrogens with two attached hydrogens (primary N) is 1. The highest BCUT2D eigenvalue weighted by atomic mass is 35.5. The molecule has 0 aromatic carbocycles. The molecule has 1 fully saturated rings. The molecular weight excluding hydrogens is 191 g/mol. The molecule has 0 spiro atoms. The molecule has 0 amide bonds. The second-order valence-electron chi connectivity index (χ2n) is 3.18. The van der Waals surface area contributed by atoms with E-state index in [0.717, 1.165) is 19.3 Å². The molecule has 5 heteroatoms. The molecule has 0 heterocycles. The van der Waals surface area contributed by atoms with Crippen LogP contribution in [0.2, 0.25) is 0 Å². The van der Waals surface area contributed by atoms with E-state index in [4.69, 9.17) is 5.73 Å². The normalized spacial score (nSPS) is 21.0. The zero-order valence-corrected chi connectivity index (χ0v) is 7.42. The minimum Gasteiger partial charge on any atom is -0.320 e. The van der Waals surface area contributed by atoms with Gasteiger partial charge < -0.3 is 5.73 Å². The van der Waals surface area contributed by atoms with Crippen molar-refractivity contribution in [3.05, 3.63) is 0 Å². The highest BCUT2D eigenvalue weighted by molar-refractivity contribution is 5.85. The molecule has 0 aromatic rings. The number of rotatable bonds is 2. The fourth-order valence-electron chi connectivity index (χ4n) is 1.22. The summed E-state index contributed by atoms with van der Waals surface area (Å²) in [6.07, 6.45) is -1.18. The fourth-order valence-corrected chi connectivity index (χ4v) is 1.22. The number of halogens is 4. The van der Waals surface area contributed by atoms with Crippen LogP contribution in [-0.4, -0.2) is 12.2 Å². The lowest BCUT2D eigenvalue weighted by molar-refractivity contribution is -0.152. The van der Waals surface area contributed by atoms with Crippen LogP contribution in [0.4, 0.5) is 13.2 Å². The van der Waals surface area contributed by atoms with Crippen molar-refractivity contribution in [1.29, 1.82) is 0 Å². The van der Waals surface area contributed by atoms with Gasteiger partial charge in [0.25, 0.3) is 0 Å². The van der Waals surface area contributed by atoms with Crippen LogP contribution < -0.4 is 5.73 Å². The van der Waals surface area contributed by atoms with E-state index in [2.05, 4.69) is 0 Å². The summed E-state index contributed by atoms with van der Waals surface area (Å²) in [5.74, 6) is 0.228. The van der Waals surface area contributed by atoms with E-state index in [-0.39, 0.29) is 24.7 Å². The van der Waals surface area contributed by atoms with Gasteiger partial charge in [0.05, 0.1) is 0 Å². The molecule has 2 N–H and O–H groups in total. The topological polar surface area (TPSA) is 26.0 Å². The second kappa shape index (κ2) is 4.33. The highest BCUT2D eigenvalue weighted by Crippen LogP contribution is 2.33. The van der Waals surface area contributed by atoms with Crippen LogP contribution in [0, 0.1) is 5.92 Å². The Morgan fingerprint density at radius 2 is 1.83 bits per heavy atom. The second-order valence-corrected chi connectivity index (χ2v) is 3.18. The van der Waals surface area contributed by atoms with Gasteiger partial charge in [-0.3, -0.25) is 0 Å². The average molecular weight is 204 g/mol. The third kappa shape index (κ3) is 3.19. The van der Waals surface area contributed by atoms with Crippen LogP contribution >= 0.6 is 12.4 Å². The molecule has 0 aliphatic heterocycles. The maximum atomic E-state index is 11.8. The van der Waals surface area contributed by atoms with Gasteiger partial charge >= 0.3 is 6.18 Å². The van der Waals surface area contributed by atoms with Crippen LogP contribution in [0.5, 0.6) is 0 Å². The lowest BCUT2D eigenvalue weighted by Crippen LogP contribution is -2.39. The third-order valence-corrected chi connectivity index (χ3v) is 2.23. The van der Waals surface area contributed by atoms with Crippen molar-refractivity contribution in [1.82, 2.24) is 0 Å². The van der Waals surface area contributed by atoms with Crippen molar-refractivity contribution in [2.45, 2.75) is 37.9 Å². The minimum atomic E-state index is -4.20. The molecule has 1 unspecified atom stereocenters. The van der Waals surface area contributed by atoms with E-state index >= 15 is 0 Å². The molecule has 1 aliphatic rings. The van der Waals surface area contributed by atoms with Gasteiger partial charge in [-0.05, 0) is 12.3 Å². The molecule has 0 radical (unpaired) electrons. The van der Waals surface area contributed by atoms with Crippen molar-refractivity contribution in [2.24, 2.45) is 11.7 Å². The van der Waals surface area contributed by atoms with Gasteiger partial charge in [-0.25, -0.2) is 0 Å². The van der Waals surface area contributed by atoms with Crippen LogP contribution in [0.25, 0.3) is 0 Å². The Morgan fingerprint density at radius 3 is 2.08 bits per heavy atom. The largest absolute Gasteiger partial charge is 0.403 e. The Kier molecular flexibility index (Phi) is 4.34. The van der Waals surface area contributed by atoms with Gasteiger partial charge in [-0.15, -0.1) is 12.4 Å². The first-order valence-electron chi connectivity index (χ1n) is 3.82. The van der Waals surface area contributed by atoms with E-state index in [1.54, 1.807) is 0 Å². The van der Waals surface area contributed by atoms with Gasteiger partial charge in [0, 0.05) is 0 Å². The molecule has 1 rings (SSSR count). The van der Waals surface area contributed by atoms with Gasteiger partial charge in [-0.1, -0.05) is 19.3 Å². The Labute approximate surface area is 75.9 Å². The number of alkyl halides is 3. The lowest BCUT2D eigenvalue weighted by atomic mass is 9.81. The smallest absolute Gasteiger partial charge is 0.320 e. The Morgan fingerprint density at radius 1 is 1.33 bits per heavy atom. The average Bonchev–Trinajstić information content (AvgIpc) is 1.75. The van der Waals surface area contributed by atoms with Gasteiger partial charge in [0.1, 0.15) is 6.04 Å². The summed E-state index contributed by atoms with van der Waals surface area (Å²) in [5, 5.41) is 0. The summed E-state index contributed by atoms with van der Waals surface area (Å²) >= 11 is 0. The maximum Gasteiger partial charge on any atom is 0.403 e. The molecule has 1 nitrogen and oxygen atoms in total. The number of hydrogen-bond acceptors (Lipinski definition) is 1. The highest BCUT2D eigenvalue weighted by Gasteiger charge is 2.38. The maximum absolute atomic E-state index is 11.8. The summed E-state index contributed by atoms with van der Waals surface area (Å²) in [4.78, 5) is 0. The van der Waals surface area contributed by atoms with Crippen molar-refractivity contribution in [3.63, 3.8) is 0 Å². The molecule has 1 atom stereocenters. The Balaban J connectivity index is 0.00000121. The first-order chi connectivity index (χ1) is 5.00. The van der Waals surface area contributed by atoms with E-state index in [1.807, 2.05) is 0 Å². The monoisotopic (exact) mass is 203 g/mol. The minimum absolute atomic E-state index is 0. The van der Waals surface area contributed by atoms with E-state index in [0.29, 0.717) is 0 Å². The molecule has 1 saturated carbocycles. The SMILES string of the molecule is Cl.NC(CC1CCC1)C(F)(F)F. The zero-order valence-electron chi connectivity index (χ0n) is 6.60. The summed E-state index contributed by atoms with van der Waals surface area (Å²) in [6, 6.07) is -1.60. The quantitative estimate of drug-likeness (QED) is 0.733. The molecule has 0 saturated heterocycles. The summed E-state index contributed by atoms with van der Waals surface area (Å²) in [6.45, 7) is 0. The van der Waals surface area contributed by atoms with Crippen LogP contribution in [0.15, 0.2) is 0 Å². The molecule has 74 valence electrons. The van der Waals surface area contributed by atoms with Crippen LogP contribution in [-0.2, 0) is 0 Å². The van der Waals surface area contributed by atoms with Crippen molar-refractivity contribution in [3.8, 4) is 0 Å². The lowest BCUT2D eigenvalue weighted by Gasteiger charge is -2.28. The Bertz CT molecular complexity index is 133. The van der Waals surface area contributed by atoms with Gasteiger partial charge in [0.15, 0.2) is 0 Å². The molecule has 1 aliphatic carbocycles. The predicted molar refractivity (Wildman–Crippen MR) is 43.2 cm³/mol. The first kappa shape index (κ1) is 12.0. The fraction of sp³-hybridized carbons (Fsp3) is 1.00. The Hall–Kier alpha value is 0.0400. The summed E-state index contributed by atoms with van der Waals surface area (Å²) < 4.78 is 35.5. The molecule has 0 bridgehead atoms. The van der Waals surface area contributed by atoms with E-state index in [9.17, 15) is 13.2 Å². The van der Waals surface area contributed by atoms with E-state index < -0.39 is 12.2 Å².